The van der Waals surface area contributed by atoms with Crippen LogP contribution in [0.1, 0.15) is 11.1 Å². The second kappa shape index (κ2) is 10.5. The first kappa shape index (κ1) is 28.0. The number of aromatic nitrogens is 9. The van der Waals surface area contributed by atoms with Gasteiger partial charge in [-0.3, -0.25) is 29.9 Å². The Labute approximate surface area is 287 Å². The summed E-state index contributed by atoms with van der Waals surface area (Å²) in [6.45, 7) is 8.80. The number of pyridine rings is 6. The summed E-state index contributed by atoms with van der Waals surface area (Å²) in [6, 6.07) is 16.3. The molecule has 10 rings (SSSR count). The second-order valence-electron chi connectivity index (χ2n) is 11.8. The highest BCUT2D eigenvalue weighted by molar-refractivity contribution is 6.13. The maximum Gasteiger partial charge on any atom is 0.236 e. The molecule has 0 fully saturated rings. The summed E-state index contributed by atoms with van der Waals surface area (Å²) in [7, 11) is 0. The summed E-state index contributed by atoms with van der Waals surface area (Å²) in [4.78, 5) is 30.9. The number of nitrogens with zero attached hydrogens (tertiary/aromatic N) is 12. The van der Waals surface area contributed by atoms with Gasteiger partial charge in [-0.1, -0.05) is 0 Å². The van der Waals surface area contributed by atoms with Gasteiger partial charge in [0.05, 0.1) is 105 Å². The Morgan fingerprint density at radius 2 is 0.686 bits per heavy atom. The molecule has 1 aromatic carbocycles. The molecule has 0 atom stereocenters. The van der Waals surface area contributed by atoms with Crippen molar-refractivity contribution in [3.63, 3.8) is 0 Å². The Morgan fingerprint density at radius 1 is 0.431 bits per heavy atom. The molecule has 0 spiro atoms. The fourth-order valence-corrected chi connectivity index (χ4v) is 7.54. The normalized spacial score (nSPS) is 11.5. The fourth-order valence-electron chi connectivity index (χ4n) is 7.54. The third-order valence-electron chi connectivity index (χ3n) is 9.52. The van der Waals surface area contributed by atoms with E-state index in [4.69, 9.17) is 6.57 Å². The molecular formula is C39H18N12. The molecule has 12 heteroatoms. The van der Waals surface area contributed by atoms with Crippen molar-refractivity contribution in [3.8, 4) is 29.2 Å². The first-order valence-corrected chi connectivity index (χ1v) is 15.7. The zero-order valence-corrected chi connectivity index (χ0v) is 26.3. The average molecular weight is 655 g/mol. The van der Waals surface area contributed by atoms with E-state index in [2.05, 4.69) is 46.9 Å². The Morgan fingerprint density at radius 3 is 0.922 bits per heavy atom. The van der Waals surface area contributed by atoms with Gasteiger partial charge in [0.15, 0.2) is 0 Å². The lowest BCUT2D eigenvalue weighted by Gasteiger charge is -2.23. The van der Waals surface area contributed by atoms with Crippen molar-refractivity contribution in [2.75, 3.05) is 0 Å². The van der Waals surface area contributed by atoms with Gasteiger partial charge in [0, 0.05) is 69.5 Å². The second-order valence-corrected chi connectivity index (χ2v) is 11.8. The van der Waals surface area contributed by atoms with Crippen molar-refractivity contribution in [2.24, 2.45) is 0 Å². The molecule has 51 heavy (non-hydrogen) atoms. The molecule has 10 aromatic rings. The molecule has 12 nitrogen and oxygen atoms in total. The molecule has 0 bridgehead atoms. The molecular weight excluding hydrogens is 637 g/mol. The number of rotatable bonds is 3. The lowest BCUT2D eigenvalue weighted by Crippen LogP contribution is -2.12. The maximum absolute atomic E-state index is 11.3. The minimum atomic E-state index is 0.0851. The molecule has 0 unspecified atom stereocenters. The number of fused-ring (bicyclic) bond motifs is 9. The lowest BCUT2D eigenvalue weighted by atomic mass is 9.99. The summed E-state index contributed by atoms with van der Waals surface area (Å²) in [5.74, 6) is 0. The standard InChI is InChI=1S/C39H18N12/c1-42-36-38(50-32-18-45-10-4-24(32)25-5-11-46-19-33(25)50)28(14-40)37(49-30-16-43-8-2-22(30)23-3-9-44-17-31(23)49)29(15-41)39(36)51-34-20-47-12-6-26(34)27-7-13-48-21-35(27)51/h2-13,16-21H. The van der Waals surface area contributed by atoms with Gasteiger partial charge in [0.25, 0.3) is 0 Å². The van der Waals surface area contributed by atoms with Crippen molar-refractivity contribution in [1.29, 1.82) is 10.5 Å². The summed E-state index contributed by atoms with van der Waals surface area (Å²) in [5.41, 5.74) is 5.14. The van der Waals surface area contributed by atoms with Crippen LogP contribution in [0.4, 0.5) is 5.69 Å². The molecule has 0 saturated carbocycles. The summed E-state index contributed by atoms with van der Waals surface area (Å²) < 4.78 is 5.58. The van der Waals surface area contributed by atoms with Gasteiger partial charge in [-0.25, -0.2) is 4.85 Å². The van der Waals surface area contributed by atoms with Gasteiger partial charge in [0.1, 0.15) is 12.1 Å². The molecule has 0 N–H and O–H groups in total. The zero-order valence-electron chi connectivity index (χ0n) is 26.3. The zero-order chi connectivity index (χ0) is 34.2. The Bertz CT molecular complexity index is 2730. The highest BCUT2D eigenvalue weighted by atomic mass is 15.1. The van der Waals surface area contributed by atoms with Crippen molar-refractivity contribution in [1.82, 2.24) is 43.6 Å². The van der Waals surface area contributed by atoms with E-state index in [1.165, 1.54) is 0 Å². The van der Waals surface area contributed by atoms with E-state index < -0.39 is 0 Å². The third-order valence-corrected chi connectivity index (χ3v) is 9.52. The number of nitriles is 2. The van der Waals surface area contributed by atoms with Crippen LogP contribution in [0.2, 0.25) is 0 Å². The van der Waals surface area contributed by atoms with Crippen LogP contribution in [0.5, 0.6) is 0 Å². The van der Waals surface area contributed by atoms with Crippen LogP contribution < -0.4 is 0 Å². The van der Waals surface area contributed by atoms with Gasteiger partial charge in [0.2, 0.25) is 5.69 Å². The topological polar surface area (TPSA) is 144 Å². The molecule has 0 amide bonds. The Hall–Kier alpha value is -8.01. The average Bonchev–Trinajstić information content (AvgIpc) is 3.82. The third kappa shape index (κ3) is 3.63. The van der Waals surface area contributed by atoms with Crippen LogP contribution in [-0.2, 0) is 0 Å². The first-order chi connectivity index (χ1) is 25.2. The van der Waals surface area contributed by atoms with Crippen LogP contribution in [0.3, 0.4) is 0 Å². The van der Waals surface area contributed by atoms with E-state index in [1.54, 1.807) is 74.4 Å². The minimum Gasteiger partial charge on any atom is -0.315 e. The molecule has 0 aliphatic heterocycles. The van der Waals surface area contributed by atoms with E-state index in [0.29, 0.717) is 33.1 Å². The molecule has 9 heterocycles. The van der Waals surface area contributed by atoms with Crippen LogP contribution in [-0.4, -0.2) is 43.6 Å². The number of hydrogen-bond acceptors (Lipinski definition) is 8. The highest BCUT2D eigenvalue weighted by Gasteiger charge is 2.32. The van der Waals surface area contributed by atoms with Gasteiger partial charge in [-0.2, -0.15) is 10.5 Å². The molecule has 234 valence electrons. The van der Waals surface area contributed by atoms with E-state index in [-0.39, 0.29) is 33.9 Å². The molecule has 0 aliphatic rings. The maximum atomic E-state index is 11.3. The first-order valence-electron chi connectivity index (χ1n) is 15.7. The van der Waals surface area contributed by atoms with Crippen molar-refractivity contribution in [3.05, 3.63) is 133 Å². The predicted molar refractivity (Wildman–Crippen MR) is 192 cm³/mol. The van der Waals surface area contributed by atoms with Crippen molar-refractivity contribution < 1.29 is 0 Å². The summed E-state index contributed by atoms with van der Waals surface area (Å²) >= 11 is 0. The number of hydrogen-bond donors (Lipinski definition) is 0. The van der Waals surface area contributed by atoms with Gasteiger partial charge < -0.3 is 13.7 Å². The van der Waals surface area contributed by atoms with Crippen LogP contribution in [0, 0.1) is 29.2 Å². The van der Waals surface area contributed by atoms with Gasteiger partial charge >= 0.3 is 0 Å². The largest absolute Gasteiger partial charge is 0.315 e. The lowest BCUT2D eigenvalue weighted by molar-refractivity contribution is 1.07. The van der Waals surface area contributed by atoms with Crippen LogP contribution >= 0.6 is 0 Å². The number of benzene rings is 1. The van der Waals surface area contributed by atoms with Gasteiger partial charge in [-0.15, -0.1) is 0 Å². The Balaban J connectivity index is 1.53. The van der Waals surface area contributed by atoms with Crippen molar-refractivity contribution >= 4 is 71.1 Å². The highest BCUT2D eigenvalue weighted by Crippen LogP contribution is 2.48. The smallest absolute Gasteiger partial charge is 0.236 e. The SMILES string of the molecule is [C-]#[N+]c1c(-n2c3cnccc3c3ccncc32)c(C#N)c(-n2c3cnccc3c3ccncc32)c(C#N)c1-n1c2cnccc2c2ccncc21. The molecule has 0 aliphatic carbocycles. The van der Waals surface area contributed by atoms with E-state index in [1.807, 2.05) is 50.1 Å². The van der Waals surface area contributed by atoms with E-state index in [0.717, 1.165) is 32.3 Å². The Kier molecular flexibility index (Phi) is 5.77. The fraction of sp³-hybridized carbons (Fsp3) is 0. The summed E-state index contributed by atoms with van der Waals surface area (Å²) in [5, 5.41) is 27.8. The van der Waals surface area contributed by atoms with Crippen LogP contribution in [0.25, 0.3) is 87.3 Å². The quantitative estimate of drug-likeness (QED) is 0.177. The molecule has 9 aromatic heterocycles. The predicted octanol–water partition coefficient (Wildman–Crippen LogP) is 7.64. The van der Waals surface area contributed by atoms with Crippen molar-refractivity contribution in [2.45, 2.75) is 0 Å². The summed E-state index contributed by atoms with van der Waals surface area (Å²) in [6.07, 6.45) is 20.5. The molecule has 0 saturated heterocycles. The van der Waals surface area contributed by atoms with Crippen LogP contribution in [0.15, 0.2) is 111 Å². The monoisotopic (exact) mass is 654 g/mol. The van der Waals surface area contributed by atoms with E-state index in [9.17, 15) is 10.5 Å². The van der Waals surface area contributed by atoms with Gasteiger partial charge in [-0.05, 0) is 36.4 Å². The van der Waals surface area contributed by atoms with E-state index >= 15 is 0 Å². The molecule has 0 radical (unpaired) electrons. The minimum absolute atomic E-state index is 0.0851.